The maximum atomic E-state index is 5.62. The van der Waals surface area contributed by atoms with Gasteiger partial charge >= 0.3 is 0 Å². The number of nitrogens with zero attached hydrogens (tertiary/aromatic N) is 1. The van der Waals surface area contributed by atoms with E-state index < -0.39 is 0 Å². The predicted octanol–water partition coefficient (Wildman–Crippen LogP) is 3.55. The van der Waals surface area contributed by atoms with Gasteiger partial charge in [-0.1, -0.05) is 45.4 Å². The highest BCUT2D eigenvalue weighted by molar-refractivity contribution is 5.88. The lowest BCUT2D eigenvalue weighted by atomic mass is 9.74. The fourth-order valence-corrected chi connectivity index (χ4v) is 3.59. The molecular formula is C18H34N2O2. The van der Waals surface area contributed by atoms with Gasteiger partial charge in [0, 0.05) is 25.2 Å². The summed E-state index contributed by atoms with van der Waals surface area (Å²) >= 11 is 0. The summed E-state index contributed by atoms with van der Waals surface area (Å²) in [6, 6.07) is 0. The largest absolute Gasteiger partial charge is 0.381 e. The van der Waals surface area contributed by atoms with Gasteiger partial charge in [0.2, 0.25) is 0 Å². The molecule has 2 rings (SSSR count). The highest BCUT2D eigenvalue weighted by Crippen LogP contribution is 2.37. The zero-order valence-electron chi connectivity index (χ0n) is 14.4. The molecule has 0 saturated carbocycles. The Hall–Kier alpha value is -0.610. The fraction of sp³-hybridized carbons (Fsp3) is 0.944. The van der Waals surface area contributed by atoms with Gasteiger partial charge in [-0.2, -0.15) is 0 Å². The third kappa shape index (κ3) is 5.54. The number of rotatable bonds is 8. The molecule has 0 atom stereocenters. The third-order valence-corrected chi connectivity index (χ3v) is 5.01. The first-order chi connectivity index (χ1) is 10.9. The lowest BCUT2D eigenvalue weighted by molar-refractivity contribution is 0.0387. The first kappa shape index (κ1) is 17.7. The highest BCUT2D eigenvalue weighted by atomic mass is 16.5. The minimum Gasteiger partial charge on any atom is -0.381 e. The Morgan fingerprint density at radius 3 is 2.50 bits per heavy atom. The van der Waals surface area contributed by atoms with Gasteiger partial charge in [0.1, 0.15) is 5.84 Å². The molecule has 0 aliphatic carbocycles. The predicted molar refractivity (Wildman–Crippen MR) is 91.6 cm³/mol. The topological polar surface area (TPSA) is 42.8 Å². The van der Waals surface area contributed by atoms with Crippen molar-refractivity contribution >= 4 is 5.84 Å². The van der Waals surface area contributed by atoms with Gasteiger partial charge < -0.3 is 14.8 Å². The standard InChI is InChI=1S/C18H34N2O2/c1-2-3-4-5-6-7-8-18(9-13-21-14-10-18)17-19-11-15-22-16-12-20-17/h2-16H2,1H3,(H,19,20). The molecule has 0 aromatic heterocycles. The number of ether oxygens (including phenoxy) is 2. The minimum atomic E-state index is 0.236. The smallest absolute Gasteiger partial charge is 0.103 e. The van der Waals surface area contributed by atoms with Gasteiger partial charge in [-0.25, -0.2) is 0 Å². The Kier molecular flexibility index (Phi) is 8.24. The van der Waals surface area contributed by atoms with Crippen LogP contribution >= 0.6 is 0 Å². The molecule has 1 fully saturated rings. The fourth-order valence-electron chi connectivity index (χ4n) is 3.59. The third-order valence-electron chi connectivity index (χ3n) is 5.01. The molecule has 1 N–H and O–H groups in total. The van der Waals surface area contributed by atoms with Crippen molar-refractivity contribution in [2.24, 2.45) is 10.4 Å². The summed E-state index contributed by atoms with van der Waals surface area (Å²) in [7, 11) is 0. The zero-order valence-corrected chi connectivity index (χ0v) is 14.4. The summed E-state index contributed by atoms with van der Waals surface area (Å²) < 4.78 is 11.1. The van der Waals surface area contributed by atoms with Crippen LogP contribution in [0.25, 0.3) is 0 Å². The van der Waals surface area contributed by atoms with Gasteiger partial charge in [0.25, 0.3) is 0 Å². The summed E-state index contributed by atoms with van der Waals surface area (Å²) in [5.74, 6) is 1.24. The van der Waals surface area contributed by atoms with Crippen LogP contribution in [0.3, 0.4) is 0 Å². The number of nitrogens with one attached hydrogen (secondary N) is 1. The van der Waals surface area contributed by atoms with Crippen LogP contribution in [-0.4, -0.2) is 45.4 Å². The van der Waals surface area contributed by atoms with Crippen molar-refractivity contribution < 1.29 is 9.47 Å². The molecule has 4 nitrogen and oxygen atoms in total. The molecule has 0 aromatic carbocycles. The van der Waals surface area contributed by atoms with Crippen LogP contribution in [0.4, 0.5) is 0 Å². The zero-order chi connectivity index (χ0) is 15.5. The van der Waals surface area contributed by atoms with Crippen molar-refractivity contribution in [2.75, 3.05) is 39.5 Å². The van der Waals surface area contributed by atoms with E-state index in [9.17, 15) is 0 Å². The Bertz CT molecular complexity index is 325. The molecular weight excluding hydrogens is 276 g/mol. The molecule has 0 spiro atoms. The lowest BCUT2D eigenvalue weighted by Gasteiger charge is -2.39. The summed E-state index contributed by atoms with van der Waals surface area (Å²) in [5, 5.41) is 3.56. The van der Waals surface area contributed by atoms with Gasteiger partial charge in [0.15, 0.2) is 0 Å². The summed E-state index contributed by atoms with van der Waals surface area (Å²) in [6.07, 6.45) is 11.7. The molecule has 0 radical (unpaired) electrons. The van der Waals surface area contributed by atoms with Crippen molar-refractivity contribution in [3.05, 3.63) is 0 Å². The number of hydrogen-bond acceptors (Lipinski definition) is 4. The van der Waals surface area contributed by atoms with Gasteiger partial charge in [-0.15, -0.1) is 0 Å². The number of hydrogen-bond donors (Lipinski definition) is 1. The van der Waals surface area contributed by atoms with E-state index in [-0.39, 0.29) is 5.41 Å². The minimum absolute atomic E-state index is 0.236. The number of unbranched alkanes of at least 4 members (excludes halogenated alkanes) is 5. The number of aliphatic imine (C=N–C) groups is 1. The Labute approximate surface area is 136 Å². The molecule has 2 heterocycles. The SMILES string of the molecule is CCCCCCCCC1(/C2=N/CCOCCN2)CCOCC1. The molecule has 0 amide bonds. The summed E-state index contributed by atoms with van der Waals surface area (Å²) in [5.41, 5.74) is 0.236. The van der Waals surface area contributed by atoms with E-state index in [1.54, 1.807) is 0 Å². The van der Waals surface area contributed by atoms with Gasteiger partial charge in [0.05, 0.1) is 19.8 Å². The molecule has 1 saturated heterocycles. The molecule has 4 heteroatoms. The van der Waals surface area contributed by atoms with Crippen LogP contribution in [0.2, 0.25) is 0 Å². The second kappa shape index (κ2) is 10.2. The van der Waals surface area contributed by atoms with Crippen LogP contribution in [0, 0.1) is 5.41 Å². The normalized spacial score (nSPS) is 24.7. The lowest BCUT2D eigenvalue weighted by Crippen LogP contribution is -2.46. The average Bonchev–Trinajstić information content (AvgIpc) is 2.51. The van der Waals surface area contributed by atoms with Crippen LogP contribution in [0.5, 0.6) is 0 Å². The molecule has 128 valence electrons. The first-order valence-corrected chi connectivity index (χ1v) is 9.32. The maximum Gasteiger partial charge on any atom is 0.103 e. The van der Waals surface area contributed by atoms with E-state index >= 15 is 0 Å². The van der Waals surface area contributed by atoms with Crippen molar-refractivity contribution in [2.45, 2.75) is 64.7 Å². The maximum absolute atomic E-state index is 5.62. The van der Waals surface area contributed by atoms with Crippen LogP contribution in [0.15, 0.2) is 4.99 Å². The molecule has 2 aliphatic heterocycles. The van der Waals surface area contributed by atoms with E-state index in [0.717, 1.165) is 52.4 Å². The molecule has 0 aromatic rings. The first-order valence-electron chi connectivity index (χ1n) is 9.32. The van der Waals surface area contributed by atoms with Crippen molar-refractivity contribution in [1.29, 1.82) is 0 Å². The average molecular weight is 310 g/mol. The number of amidine groups is 1. The second-order valence-corrected chi connectivity index (χ2v) is 6.68. The molecule has 2 aliphatic rings. The summed E-state index contributed by atoms with van der Waals surface area (Å²) in [6.45, 7) is 7.27. The van der Waals surface area contributed by atoms with Gasteiger partial charge in [-0.05, 0) is 19.3 Å². The molecule has 0 unspecified atom stereocenters. The van der Waals surface area contributed by atoms with E-state index in [1.807, 2.05) is 0 Å². The van der Waals surface area contributed by atoms with E-state index in [4.69, 9.17) is 14.5 Å². The van der Waals surface area contributed by atoms with E-state index in [2.05, 4.69) is 12.2 Å². The quantitative estimate of drug-likeness (QED) is 0.697. The monoisotopic (exact) mass is 310 g/mol. The van der Waals surface area contributed by atoms with Crippen LogP contribution in [0.1, 0.15) is 64.7 Å². The Balaban J connectivity index is 1.88. The van der Waals surface area contributed by atoms with Crippen molar-refractivity contribution in [1.82, 2.24) is 5.32 Å². The van der Waals surface area contributed by atoms with Gasteiger partial charge in [-0.3, -0.25) is 4.99 Å². The van der Waals surface area contributed by atoms with E-state index in [0.29, 0.717) is 0 Å². The Morgan fingerprint density at radius 2 is 1.68 bits per heavy atom. The highest BCUT2D eigenvalue weighted by Gasteiger charge is 2.37. The van der Waals surface area contributed by atoms with Crippen molar-refractivity contribution in [3.8, 4) is 0 Å². The molecule has 0 bridgehead atoms. The van der Waals surface area contributed by atoms with Crippen LogP contribution < -0.4 is 5.32 Å². The molecule has 22 heavy (non-hydrogen) atoms. The Morgan fingerprint density at radius 1 is 0.955 bits per heavy atom. The van der Waals surface area contributed by atoms with E-state index in [1.165, 1.54) is 50.8 Å². The summed E-state index contributed by atoms with van der Waals surface area (Å²) in [4.78, 5) is 4.83. The van der Waals surface area contributed by atoms with Crippen LogP contribution in [-0.2, 0) is 9.47 Å². The van der Waals surface area contributed by atoms with Crippen molar-refractivity contribution in [3.63, 3.8) is 0 Å². The second-order valence-electron chi connectivity index (χ2n) is 6.68.